The van der Waals surface area contributed by atoms with Gasteiger partial charge in [0, 0.05) is 56.5 Å². The lowest BCUT2D eigenvalue weighted by molar-refractivity contribution is -0.144. The molecule has 3 heterocycles. The number of likely N-dealkylation sites (tertiary alicyclic amines) is 2. The number of carboxylic acids is 1. The molecule has 216 valence electrons. The number of carboxylic acid groups (broad SMARTS) is 1. The maximum absolute atomic E-state index is 13.5. The largest absolute Gasteiger partial charge is 0.493 e. The zero-order valence-corrected chi connectivity index (χ0v) is 23.9. The number of unbranched alkanes of at least 4 members (excludes halogenated alkanes) is 1. The molecule has 39 heavy (non-hydrogen) atoms. The number of rotatable bonds is 13. The maximum atomic E-state index is 13.5. The van der Waals surface area contributed by atoms with Gasteiger partial charge in [-0.3, -0.25) is 19.3 Å². The van der Waals surface area contributed by atoms with E-state index in [1.54, 1.807) is 0 Å². The third-order valence-corrected chi connectivity index (χ3v) is 8.85. The van der Waals surface area contributed by atoms with Crippen molar-refractivity contribution < 1.29 is 24.2 Å². The second-order valence-electron chi connectivity index (χ2n) is 12.0. The Morgan fingerprint density at radius 2 is 2.00 bits per heavy atom. The lowest BCUT2D eigenvalue weighted by Gasteiger charge is -2.31. The van der Waals surface area contributed by atoms with E-state index in [1.165, 1.54) is 0 Å². The number of carbonyl (C=O) groups excluding carboxylic acids is 2. The molecule has 1 aromatic rings. The normalized spacial score (nSPS) is 24.2. The van der Waals surface area contributed by atoms with Crippen LogP contribution in [0.25, 0.3) is 0 Å². The second kappa shape index (κ2) is 12.7. The van der Waals surface area contributed by atoms with Gasteiger partial charge in [0.15, 0.2) is 0 Å². The molecule has 0 saturated carbocycles. The number of ether oxygens (including phenoxy) is 1. The Kier molecular flexibility index (Phi) is 9.54. The molecule has 9 nitrogen and oxygen atoms in total. The number of hydrogen-bond acceptors (Lipinski definition) is 6. The fourth-order valence-corrected chi connectivity index (χ4v) is 6.45. The summed E-state index contributed by atoms with van der Waals surface area (Å²) in [6.07, 6.45) is 4.79. The smallest absolute Gasteiger partial charge is 0.308 e. The summed E-state index contributed by atoms with van der Waals surface area (Å²) < 4.78 is 5.68. The van der Waals surface area contributed by atoms with Crippen molar-refractivity contribution in [1.82, 2.24) is 14.7 Å². The van der Waals surface area contributed by atoms with Crippen LogP contribution in [0.4, 0.5) is 0 Å². The summed E-state index contributed by atoms with van der Waals surface area (Å²) in [6.45, 7) is 10.4. The van der Waals surface area contributed by atoms with Gasteiger partial charge in [0.25, 0.3) is 0 Å². The Morgan fingerprint density at radius 1 is 1.23 bits per heavy atom. The Labute approximate surface area is 232 Å². The molecule has 0 aliphatic carbocycles. The monoisotopic (exact) mass is 542 g/mol. The zero-order valence-electron chi connectivity index (χ0n) is 23.9. The Hall–Kier alpha value is -2.65. The average molecular weight is 543 g/mol. The van der Waals surface area contributed by atoms with Crippen molar-refractivity contribution in [3.63, 3.8) is 0 Å². The number of aliphatic carboxylic acids is 1. The number of benzene rings is 1. The predicted molar refractivity (Wildman–Crippen MR) is 150 cm³/mol. The predicted octanol–water partition coefficient (Wildman–Crippen LogP) is 2.72. The Bertz CT molecular complexity index is 1040. The third-order valence-electron chi connectivity index (χ3n) is 8.85. The number of nitrogens with zero attached hydrogens (tertiary/aromatic N) is 3. The molecule has 3 N–H and O–H groups in total. The van der Waals surface area contributed by atoms with Crippen LogP contribution < -0.4 is 10.5 Å². The first kappa shape index (κ1) is 29.3. The first-order chi connectivity index (χ1) is 18.7. The maximum Gasteiger partial charge on any atom is 0.308 e. The highest BCUT2D eigenvalue weighted by Crippen LogP contribution is 2.41. The molecule has 9 heteroatoms. The quantitative estimate of drug-likeness (QED) is 0.394. The first-order valence-corrected chi connectivity index (χ1v) is 14.7. The van der Waals surface area contributed by atoms with Crippen LogP contribution in [-0.4, -0.2) is 96.1 Å². The fraction of sp³-hybridized carbons (Fsp3) is 0.700. The summed E-state index contributed by atoms with van der Waals surface area (Å²) in [6, 6.07) is 5.67. The highest BCUT2D eigenvalue weighted by molar-refractivity contribution is 5.84. The molecule has 2 amide bonds. The number of carbonyl (C=O) groups is 3. The number of nitrogens with two attached hydrogens (primary N) is 1. The minimum Gasteiger partial charge on any atom is -0.493 e. The molecule has 3 unspecified atom stereocenters. The van der Waals surface area contributed by atoms with Crippen LogP contribution in [0.2, 0.25) is 0 Å². The Morgan fingerprint density at radius 3 is 2.67 bits per heavy atom. The van der Waals surface area contributed by atoms with E-state index in [9.17, 15) is 19.5 Å². The molecule has 3 aliphatic rings. The highest BCUT2D eigenvalue weighted by atomic mass is 16.5. The summed E-state index contributed by atoms with van der Waals surface area (Å²) in [5.41, 5.74) is 7.45. The van der Waals surface area contributed by atoms with E-state index >= 15 is 0 Å². The Balaban J connectivity index is 1.58. The van der Waals surface area contributed by atoms with Crippen LogP contribution in [0.5, 0.6) is 5.75 Å². The molecule has 0 bridgehead atoms. The minimum atomic E-state index is -0.851. The van der Waals surface area contributed by atoms with Gasteiger partial charge in [0.1, 0.15) is 5.75 Å². The van der Waals surface area contributed by atoms with Gasteiger partial charge < -0.3 is 25.4 Å². The molecule has 2 fully saturated rings. The van der Waals surface area contributed by atoms with Crippen LogP contribution in [0.15, 0.2) is 18.2 Å². The van der Waals surface area contributed by atoms with E-state index in [1.807, 2.05) is 35.8 Å². The topological polar surface area (TPSA) is 116 Å². The molecule has 0 spiro atoms. The van der Waals surface area contributed by atoms with Crippen molar-refractivity contribution in [2.75, 3.05) is 52.4 Å². The number of amides is 2. The first-order valence-electron chi connectivity index (χ1n) is 14.7. The van der Waals surface area contributed by atoms with Crippen LogP contribution in [0, 0.1) is 11.3 Å². The van der Waals surface area contributed by atoms with Gasteiger partial charge >= 0.3 is 5.97 Å². The third kappa shape index (κ3) is 6.57. The van der Waals surface area contributed by atoms with Crippen molar-refractivity contribution in [2.45, 2.75) is 71.3 Å². The molecule has 4 rings (SSSR count). The van der Waals surface area contributed by atoms with E-state index in [-0.39, 0.29) is 35.7 Å². The van der Waals surface area contributed by atoms with E-state index in [0.717, 1.165) is 49.0 Å². The minimum absolute atomic E-state index is 0.0208. The van der Waals surface area contributed by atoms with E-state index in [2.05, 4.69) is 17.9 Å². The summed E-state index contributed by atoms with van der Waals surface area (Å²) in [4.78, 5) is 45.1. The van der Waals surface area contributed by atoms with Crippen molar-refractivity contribution in [1.29, 1.82) is 0 Å². The lowest BCUT2D eigenvalue weighted by atomic mass is 9.83. The molecule has 3 aliphatic heterocycles. The molecular weight excluding hydrogens is 496 g/mol. The summed E-state index contributed by atoms with van der Waals surface area (Å²) in [5.74, 6) is -0.753. The zero-order chi connectivity index (χ0) is 28.2. The highest BCUT2D eigenvalue weighted by Gasteiger charge is 2.48. The van der Waals surface area contributed by atoms with E-state index in [0.29, 0.717) is 52.3 Å². The fourth-order valence-electron chi connectivity index (χ4n) is 6.45. The van der Waals surface area contributed by atoms with Crippen LogP contribution >= 0.6 is 0 Å². The van der Waals surface area contributed by atoms with Gasteiger partial charge in [0.2, 0.25) is 11.8 Å². The average Bonchev–Trinajstić information content (AvgIpc) is 3.58. The van der Waals surface area contributed by atoms with Crippen molar-refractivity contribution in [3.05, 3.63) is 29.3 Å². The summed E-state index contributed by atoms with van der Waals surface area (Å²) in [5, 5.41) is 10.5. The molecule has 3 atom stereocenters. The SMILES string of the molecule is CCCCN(CCCN)C(=O)CN1CC(c2ccc3c(c2)CCO3)C(C(=O)O)C1CCN1CCC(C)(C)C1=O. The van der Waals surface area contributed by atoms with Gasteiger partial charge in [-0.1, -0.05) is 39.3 Å². The van der Waals surface area contributed by atoms with Crippen LogP contribution in [-0.2, 0) is 20.8 Å². The van der Waals surface area contributed by atoms with Crippen molar-refractivity contribution in [3.8, 4) is 5.75 Å². The number of hydrogen-bond donors (Lipinski definition) is 2. The van der Waals surface area contributed by atoms with Crippen molar-refractivity contribution >= 4 is 17.8 Å². The lowest BCUT2D eigenvalue weighted by Crippen LogP contribution is -2.46. The van der Waals surface area contributed by atoms with E-state index in [4.69, 9.17) is 10.5 Å². The molecular formula is C30H46N4O5. The molecule has 0 radical (unpaired) electrons. The van der Waals surface area contributed by atoms with Gasteiger partial charge in [-0.05, 0) is 49.4 Å². The number of fused-ring (bicyclic) bond motifs is 1. The van der Waals surface area contributed by atoms with Crippen LogP contribution in [0.1, 0.15) is 69.9 Å². The molecule has 2 saturated heterocycles. The van der Waals surface area contributed by atoms with E-state index < -0.39 is 11.9 Å². The van der Waals surface area contributed by atoms with Gasteiger partial charge in [-0.2, -0.15) is 0 Å². The van der Waals surface area contributed by atoms with Gasteiger partial charge in [-0.25, -0.2) is 0 Å². The van der Waals surface area contributed by atoms with Crippen LogP contribution in [0.3, 0.4) is 0 Å². The molecule has 0 aromatic heterocycles. The summed E-state index contributed by atoms with van der Waals surface area (Å²) >= 11 is 0. The van der Waals surface area contributed by atoms with Gasteiger partial charge in [-0.15, -0.1) is 0 Å². The van der Waals surface area contributed by atoms with Gasteiger partial charge in [0.05, 0.1) is 19.1 Å². The standard InChI is InChI=1S/C30H46N4O5/c1-4-5-13-32(14-6-12-31)26(35)20-34-19-23(21-7-8-25-22(18-21)10-17-39-25)27(28(36)37)24(34)9-15-33-16-11-30(2,3)29(33)38/h7-8,18,23-24,27H,4-6,9-17,19-20,31H2,1-3H3,(H,36,37). The molecule has 1 aromatic carbocycles. The second-order valence-corrected chi connectivity index (χ2v) is 12.0. The van der Waals surface area contributed by atoms with Crippen molar-refractivity contribution in [2.24, 2.45) is 17.1 Å². The summed E-state index contributed by atoms with van der Waals surface area (Å²) in [7, 11) is 0.